The maximum Gasteiger partial charge on any atom is 3.00 e. The number of hydrogen-bond acceptors (Lipinski definition) is 6. The summed E-state index contributed by atoms with van der Waals surface area (Å²) in [5.41, 5.74) is 8.53. The molecule has 1 aromatic heterocycles. The van der Waals surface area contributed by atoms with Crippen molar-refractivity contribution in [2.24, 2.45) is 13.0 Å². The van der Waals surface area contributed by atoms with E-state index < -0.39 is 12.2 Å². The molecular formula is C41H53FN5O3Y. The van der Waals surface area contributed by atoms with Gasteiger partial charge in [-0.15, -0.1) is 6.07 Å². The van der Waals surface area contributed by atoms with E-state index >= 15 is 0 Å². The van der Waals surface area contributed by atoms with E-state index in [1.807, 2.05) is 26.1 Å². The number of ether oxygens (including phenoxy) is 2. The Morgan fingerprint density at radius 2 is 1.76 bits per heavy atom. The van der Waals surface area contributed by atoms with Gasteiger partial charge in [0.1, 0.15) is 11.5 Å². The van der Waals surface area contributed by atoms with Crippen LogP contribution in [0.5, 0.6) is 11.5 Å². The molecule has 0 amide bonds. The number of nitriles is 1. The molecule has 2 aromatic carbocycles. The number of aromatic nitrogens is 1. The zero-order valence-corrected chi connectivity index (χ0v) is 34.7. The number of hydrogen-bond donors (Lipinski definition) is 0. The number of benzene rings is 2. The Morgan fingerprint density at radius 3 is 2.29 bits per heavy atom. The van der Waals surface area contributed by atoms with Gasteiger partial charge >= 0.3 is 32.7 Å². The Hall–Kier alpha value is -3.16. The summed E-state index contributed by atoms with van der Waals surface area (Å²) in [6.45, 7) is 20.7. The number of pyridine rings is 1. The third-order valence-electron chi connectivity index (χ3n) is 9.73. The molecule has 8 nitrogen and oxygen atoms in total. The van der Waals surface area contributed by atoms with Gasteiger partial charge < -0.3 is 26.3 Å². The number of methoxy groups -OCH3 is 2. The van der Waals surface area contributed by atoms with Gasteiger partial charge in [-0.1, -0.05) is 55.6 Å². The second-order valence-electron chi connectivity index (χ2n) is 14.0. The van der Waals surface area contributed by atoms with Gasteiger partial charge in [0.15, 0.2) is 0 Å². The third kappa shape index (κ3) is 10.0. The normalized spacial score (nSPS) is 18.6. The molecule has 3 heterocycles. The number of allylic oxidation sites excluding steroid dienone is 1. The predicted molar refractivity (Wildman–Crippen MR) is 200 cm³/mol. The monoisotopic (exact) mass is 771 g/mol. The van der Waals surface area contributed by atoms with Gasteiger partial charge in [-0.25, -0.2) is 6.42 Å². The summed E-state index contributed by atoms with van der Waals surface area (Å²) in [5.74, 6) is 2.12. The van der Waals surface area contributed by atoms with E-state index in [1.165, 1.54) is 22.8 Å². The van der Waals surface area contributed by atoms with Gasteiger partial charge in [-0.2, -0.15) is 28.9 Å². The maximum atomic E-state index is 12.4. The summed E-state index contributed by atoms with van der Waals surface area (Å²) < 4.78 is 25.4. The average molecular weight is 772 g/mol. The van der Waals surface area contributed by atoms with Crippen molar-refractivity contribution in [2.75, 3.05) is 40.5 Å². The van der Waals surface area contributed by atoms with E-state index in [1.54, 1.807) is 32.8 Å². The zero-order chi connectivity index (χ0) is 36.7. The van der Waals surface area contributed by atoms with Crippen LogP contribution >= 0.6 is 0 Å². The van der Waals surface area contributed by atoms with Gasteiger partial charge in [0.05, 0.1) is 32.5 Å². The van der Waals surface area contributed by atoms with Crippen molar-refractivity contribution in [3.05, 3.63) is 111 Å². The van der Waals surface area contributed by atoms with Crippen molar-refractivity contribution < 1.29 is 46.6 Å². The van der Waals surface area contributed by atoms with Crippen LogP contribution in [-0.2, 0) is 59.3 Å². The number of rotatable bonds is 11. The number of alkyl halides is 1. The summed E-state index contributed by atoms with van der Waals surface area (Å²) in [6, 6.07) is 13.0. The molecule has 51 heavy (non-hydrogen) atoms. The molecule has 2 unspecified atom stereocenters. The van der Waals surface area contributed by atoms with Crippen molar-refractivity contribution in [3.8, 4) is 28.7 Å². The van der Waals surface area contributed by atoms with Gasteiger partial charge in [0.2, 0.25) is 0 Å². The molecule has 0 aliphatic carbocycles. The van der Waals surface area contributed by atoms with Crippen LogP contribution < -0.4 is 15.0 Å². The molecule has 2 aliphatic heterocycles. The van der Waals surface area contributed by atoms with E-state index in [0.717, 1.165) is 78.5 Å². The molecule has 0 N–H and O–H groups in total. The topological polar surface area (TPSA) is 84.8 Å². The first-order chi connectivity index (χ1) is 23.8. The summed E-state index contributed by atoms with van der Waals surface area (Å²) in [6.07, 6.45) is 6.58. The molecule has 1 fully saturated rings. The summed E-state index contributed by atoms with van der Waals surface area (Å²) in [4.78, 5) is 17.5. The fraction of sp³-hybridized carbons (Fsp3) is 0.463. The van der Waals surface area contributed by atoms with Crippen LogP contribution in [0.15, 0.2) is 53.1 Å². The first kappa shape index (κ1) is 42.3. The van der Waals surface area contributed by atoms with Crippen LogP contribution in [0.1, 0.15) is 61.1 Å². The molecule has 3 aromatic rings. The minimum atomic E-state index is -0.689. The zero-order valence-electron chi connectivity index (χ0n) is 31.8. The molecule has 0 radical (unpaired) electrons. The van der Waals surface area contributed by atoms with E-state index in [9.17, 15) is 9.18 Å². The largest absolute Gasteiger partial charge is 3.00 e. The fourth-order valence-electron chi connectivity index (χ4n) is 6.77. The molecule has 0 saturated carbocycles. The van der Waals surface area contributed by atoms with Crippen LogP contribution in [0, 0.1) is 44.4 Å². The maximum absolute atomic E-state index is 12.4. The van der Waals surface area contributed by atoms with Crippen LogP contribution in [0.4, 0.5) is 4.39 Å². The Morgan fingerprint density at radius 1 is 1.12 bits per heavy atom. The molecule has 1 saturated heterocycles. The molecule has 10 heteroatoms. The van der Waals surface area contributed by atoms with Crippen LogP contribution in [0.25, 0.3) is 16.4 Å². The molecule has 2 aliphatic rings. The second-order valence-corrected chi connectivity index (χ2v) is 14.0. The SMILES string of the molecule is CC1(CF)C=C(C#N)[N-]1.[CH2-]Cc1c([CH-]C(C)C)cccc1CN1CCN(Cc2c(OC)cc(-c3cn(C)c(=O)c(C)c3C)cc2OC)CC1C.[Y+3]. The van der Waals surface area contributed by atoms with Crippen molar-refractivity contribution in [3.63, 3.8) is 0 Å². The number of aryl methyl sites for hydroxylation is 1. The minimum absolute atomic E-state index is 0. The third-order valence-corrected chi connectivity index (χ3v) is 9.73. The minimum Gasteiger partial charge on any atom is -0.665 e. The van der Waals surface area contributed by atoms with Crippen LogP contribution in [0.2, 0.25) is 0 Å². The van der Waals surface area contributed by atoms with E-state index in [-0.39, 0.29) is 38.3 Å². The molecule has 0 spiro atoms. The van der Waals surface area contributed by atoms with E-state index in [0.29, 0.717) is 17.7 Å². The first-order valence-electron chi connectivity index (χ1n) is 17.3. The molecule has 270 valence electrons. The van der Waals surface area contributed by atoms with Crippen molar-refractivity contribution in [2.45, 2.75) is 72.6 Å². The Labute approximate surface area is 329 Å². The van der Waals surface area contributed by atoms with Gasteiger partial charge in [-0.3, -0.25) is 19.0 Å². The summed E-state index contributed by atoms with van der Waals surface area (Å²) in [7, 11) is 5.22. The van der Waals surface area contributed by atoms with E-state index in [2.05, 4.69) is 79.6 Å². The van der Waals surface area contributed by atoms with Crippen LogP contribution in [-0.4, -0.2) is 66.5 Å². The number of nitrogens with zero attached hydrogens (tertiary/aromatic N) is 5. The quantitative estimate of drug-likeness (QED) is 0.188. The molecular weight excluding hydrogens is 718 g/mol. The van der Waals surface area contributed by atoms with Crippen molar-refractivity contribution >= 4 is 0 Å². The Kier molecular flexibility index (Phi) is 15.4. The smallest absolute Gasteiger partial charge is 0.665 e. The number of piperazine rings is 1. The van der Waals surface area contributed by atoms with Crippen LogP contribution in [0.3, 0.4) is 0 Å². The predicted octanol–water partition coefficient (Wildman–Crippen LogP) is 7.48. The Bertz CT molecular complexity index is 1770. The second kappa shape index (κ2) is 18.6. The Balaban J connectivity index is 0.000000611. The van der Waals surface area contributed by atoms with Crippen molar-refractivity contribution in [1.29, 1.82) is 5.26 Å². The number of halogens is 1. The molecule has 0 bridgehead atoms. The van der Waals surface area contributed by atoms with E-state index in [4.69, 9.17) is 14.7 Å². The van der Waals surface area contributed by atoms with Gasteiger partial charge in [0.25, 0.3) is 5.56 Å². The molecule has 5 rings (SSSR count). The summed E-state index contributed by atoms with van der Waals surface area (Å²) in [5, 5.41) is 11.9. The summed E-state index contributed by atoms with van der Waals surface area (Å²) >= 11 is 0. The molecule has 2 atom stereocenters. The first-order valence-corrected chi connectivity index (χ1v) is 17.3. The van der Waals surface area contributed by atoms with Crippen molar-refractivity contribution in [1.82, 2.24) is 14.4 Å². The van der Waals surface area contributed by atoms with Gasteiger partial charge in [0, 0.05) is 63.1 Å². The fourth-order valence-corrected chi connectivity index (χ4v) is 6.77. The standard InChI is InChI=1S/C35H47N3O3.C6H6FN2.Y/c1-10-30-27(16-23(2)3)12-11-13-28(30)20-38-15-14-37(19-24(38)4)22-32-33(40-8)17-29(18-34(32)41-9)31-21-36(7)35(39)26(6)25(31)5;1-6(4-7)2-5(3-8)9-6;/h11-13,16-18,21,23-24H,1,10,14-15,19-20,22H2,2-9H3;2H,4H2,1H3;/q-2;-1;+3. The average Bonchev–Trinajstić information content (AvgIpc) is 3.08. The van der Waals surface area contributed by atoms with Gasteiger partial charge in [-0.05, 0) is 44.0 Å².